The summed E-state index contributed by atoms with van der Waals surface area (Å²) in [4.78, 5) is 4.60. The highest BCUT2D eigenvalue weighted by atomic mass is 35.5. The molecule has 0 aliphatic heterocycles. The molecular formula is C22H21ClN2S. The van der Waals surface area contributed by atoms with E-state index in [2.05, 4.69) is 43.1 Å². The fourth-order valence-electron chi connectivity index (χ4n) is 2.66. The summed E-state index contributed by atoms with van der Waals surface area (Å²) in [6.07, 6.45) is 0. The molecule has 0 saturated carbocycles. The molecule has 0 unspecified atom stereocenters. The third-order valence-electron chi connectivity index (χ3n) is 4.24. The third-order valence-corrected chi connectivity index (χ3v) is 5.61. The van der Waals surface area contributed by atoms with Crippen molar-refractivity contribution >= 4 is 34.2 Å². The van der Waals surface area contributed by atoms with E-state index in [1.807, 2.05) is 48.5 Å². The summed E-state index contributed by atoms with van der Waals surface area (Å²) in [5.74, 6) is 0. The lowest BCUT2D eigenvalue weighted by molar-refractivity contribution is 1.16. The fraction of sp³-hybridized carbons (Fsp3) is 0.136. The molecule has 3 aromatic rings. The van der Waals surface area contributed by atoms with Gasteiger partial charge in [-0.25, -0.2) is 4.99 Å². The quantitative estimate of drug-likeness (QED) is 0.418. The summed E-state index contributed by atoms with van der Waals surface area (Å²) < 4.78 is 0. The van der Waals surface area contributed by atoms with Crippen LogP contribution in [0.4, 0.5) is 5.69 Å². The maximum Gasteiger partial charge on any atom is 0.160 e. The molecule has 0 fully saturated rings. The van der Waals surface area contributed by atoms with Gasteiger partial charge in [0.25, 0.3) is 0 Å². The van der Waals surface area contributed by atoms with Crippen LogP contribution in [0.3, 0.4) is 0 Å². The van der Waals surface area contributed by atoms with Gasteiger partial charge in [-0.3, -0.25) is 0 Å². The van der Waals surface area contributed by atoms with Crippen molar-refractivity contribution in [3.05, 3.63) is 100 Å². The van der Waals surface area contributed by atoms with Gasteiger partial charge in [0.2, 0.25) is 0 Å². The van der Waals surface area contributed by atoms with Crippen molar-refractivity contribution in [1.29, 1.82) is 0 Å². The van der Waals surface area contributed by atoms with E-state index in [0.717, 1.165) is 16.3 Å². The van der Waals surface area contributed by atoms with Crippen LogP contribution >= 0.6 is 23.4 Å². The van der Waals surface area contributed by atoms with Crippen molar-refractivity contribution in [2.24, 2.45) is 10.7 Å². The number of hydrogen-bond acceptors (Lipinski definition) is 2. The lowest BCUT2D eigenvalue weighted by atomic mass is 10.0. The molecule has 1 atom stereocenters. The molecule has 0 amide bonds. The average Bonchev–Trinajstić information content (AvgIpc) is 2.64. The molecule has 0 heterocycles. The fourth-order valence-corrected chi connectivity index (χ4v) is 3.78. The first-order chi connectivity index (χ1) is 12.5. The molecule has 0 aliphatic rings. The zero-order valence-corrected chi connectivity index (χ0v) is 16.4. The van der Waals surface area contributed by atoms with E-state index >= 15 is 0 Å². The van der Waals surface area contributed by atoms with Gasteiger partial charge in [0, 0.05) is 5.02 Å². The maximum atomic E-state index is 6.29. The Morgan fingerprint density at radius 2 is 1.54 bits per heavy atom. The Balaban J connectivity index is 1.91. The second-order valence-electron chi connectivity index (χ2n) is 6.18. The summed E-state index contributed by atoms with van der Waals surface area (Å²) in [6.45, 7) is 4.17. The highest BCUT2D eigenvalue weighted by Gasteiger charge is 2.16. The molecule has 0 spiro atoms. The highest BCUT2D eigenvalue weighted by molar-refractivity contribution is 8.14. The Bertz CT molecular complexity index is 905. The molecule has 132 valence electrons. The van der Waals surface area contributed by atoms with Gasteiger partial charge >= 0.3 is 0 Å². The minimum absolute atomic E-state index is 0.0590. The topological polar surface area (TPSA) is 38.4 Å². The van der Waals surface area contributed by atoms with Gasteiger partial charge < -0.3 is 5.73 Å². The lowest BCUT2D eigenvalue weighted by Gasteiger charge is -2.17. The largest absolute Gasteiger partial charge is 0.378 e. The number of rotatable bonds is 4. The van der Waals surface area contributed by atoms with Crippen LogP contribution in [0, 0.1) is 13.8 Å². The van der Waals surface area contributed by atoms with Gasteiger partial charge in [-0.2, -0.15) is 0 Å². The SMILES string of the molecule is Cc1ccc(N=C(N)S[C@@H](c2ccccc2)c2ccc(Cl)cc2)cc1C. The molecule has 26 heavy (non-hydrogen) atoms. The lowest BCUT2D eigenvalue weighted by Crippen LogP contribution is -2.10. The number of benzene rings is 3. The summed E-state index contributed by atoms with van der Waals surface area (Å²) in [6, 6.07) is 24.3. The van der Waals surface area contributed by atoms with Crippen LogP contribution in [0.1, 0.15) is 27.5 Å². The highest BCUT2D eigenvalue weighted by Crippen LogP contribution is 2.36. The summed E-state index contributed by atoms with van der Waals surface area (Å²) >= 11 is 7.59. The summed E-state index contributed by atoms with van der Waals surface area (Å²) in [7, 11) is 0. The first-order valence-electron chi connectivity index (χ1n) is 8.41. The van der Waals surface area contributed by atoms with Crippen LogP contribution < -0.4 is 5.73 Å². The van der Waals surface area contributed by atoms with E-state index < -0.39 is 0 Å². The molecule has 0 bridgehead atoms. The number of amidine groups is 1. The molecule has 2 nitrogen and oxygen atoms in total. The van der Waals surface area contributed by atoms with Crippen molar-refractivity contribution in [2.75, 3.05) is 0 Å². The Morgan fingerprint density at radius 1 is 0.885 bits per heavy atom. The zero-order chi connectivity index (χ0) is 18.5. The van der Waals surface area contributed by atoms with Crippen LogP contribution in [0.25, 0.3) is 0 Å². The number of thioether (sulfide) groups is 1. The molecule has 3 aromatic carbocycles. The van der Waals surface area contributed by atoms with Gasteiger partial charge in [0.15, 0.2) is 5.17 Å². The summed E-state index contributed by atoms with van der Waals surface area (Å²) in [5, 5.41) is 1.32. The number of nitrogens with two attached hydrogens (primary N) is 1. The number of nitrogens with zero attached hydrogens (tertiary/aromatic N) is 1. The van der Waals surface area contributed by atoms with E-state index in [1.165, 1.54) is 16.7 Å². The molecule has 0 radical (unpaired) electrons. The molecule has 2 N–H and O–H groups in total. The average molecular weight is 381 g/mol. The van der Waals surface area contributed by atoms with Gasteiger partial charge in [-0.1, -0.05) is 71.9 Å². The number of hydrogen-bond donors (Lipinski definition) is 1. The Hall–Kier alpha value is -2.23. The molecule has 0 aromatic heterocycles. The van der Waals surface area contributed by atoms with Crippen LogP contribution in [-0.4, -0.2) is 5.17 Å². The molecular weight excluding hydrogens is 360 g/mol. The minimum atomic E-state index is 0.0590. The van der Waals surface area contributed by atoms with Gasteiger partial charge in [-0.05, 0) is 60.4 Å². The van der Waals surface area contributed by atoms with E-state index in [-0.39, 0.29) is 5.25 Å². The van der Waals surface area contributed by atoms with Crippen molar-refractivity contribution < 1.29 is 0 Å². The zero-order valence-electron chi connectivity index (χ0n) is 14.8. The molecule has 4 heteroatoms. The molecule has 0 aliphatic carbocycles. The number of aryl methyl sites for hydroxylation is 2. The van der Waals surface area contributed by atoms with E-state index in [9.17, 15) is 0 Å². The number of aliphatic imine (C=N–C) groups is 1. The van der Waals surface area contributed by atoms with Crippen LogP contribution in [0.2, 0.25) is 5.02 Å². The van der Waals surface area contributed by atoms with E-state index in [0.29, 0.717) is 5.17 Å². The predicted octanol–water partition coefficient (Wildman–Crippen LogP) is 6.43. The predicted molar refractivity (Wildman–Crippen MR) is 115 cm³/mol. The van der Waals surface area contributed by atoms with Gasteiger partial charge in [0.05, 0.1) is 10.9 Å². The minimum Gasteiger partial charge on any atom is -0.378 e. The molecule has 0 saturated heterocycles. The molecule has 3 rings (SSSR count). The monoisotopic (exact) mass is 380 g/mol. The standard InChI is InChI=1S/C22H21ClN2S/c1-15-8-13-20(14-16(15)2)25-22(24)26-21(17-6-4-3-5-7-17)18-9-11-19(23)12-10-18/h3-14,21H,1-2H3,(H2,24,25)/t21-/m0/s1. The number of halogens is 1. The normalized spacial score (nSPS) is 12.8. The smallest absolute Gasteiger partial charge is 0.160 e. The van der Waals surface area contributed by atoms with Crippen LogP contribution in [0.5, 0.6) is 0 Å². The van der Waals surface area contributed by atoms with Crippen molar-refractivity contribution in [1.82, 2.24) is 0 Å². The third kappa shape index (κ3) is 4.69. The van der Waals surface area contributed by atoms with Crippen LogP contribution in [0.15, 0.2) is 77.8 Å². The maximum absolute atomic E-state index is 6.29. The second kappa shape index (κ2) is 8.43. The van der Waals surface area contributed by atoms with Crippen LogP contribution in [-0.2, 0) is 0 Å². The second-order valence-corrected chi connectivity index (χ2v) is 7.74. The van der Waals surface area contributed by atoms with Crippen molar-refractivity contribution in [2.45, 2.75) is 19.1 Å². The van der Waals surface area contributed by atoms with E-state index in [4.69, 9.17) is 17.3 Å². The van der Waals surface area contributed by atoms with Crippen molar-refractivity contribution in [3.8, 4) is 0 Å². The van der Waals surface area contributed by atoms with Gasteiger partial charge in [0.1, 0.15) is 0 Å². The Kier molecular flexibility index (Phi) is 6.02. The summed E-state index contributed by atoms with van der Waals surface area (Å²) in [5.41, 5.74) is 11.9. The first kappa shape index (κ1) is 18.6. The Morgan fingerprint density at radius 3 is 2.19 bits per heavy atom. The Labute approximate surface area is 164 Å². The van der Waals surface area contributed by atoms with Gasteiger partial charge in [-0.15, -0.1) is 0 Å². The first-order valence-corrected chi connectivity index (χ1v) is 9.67. The van der Waals surface area contributed by atoms with E-state index in [1.54, 1.807) is 11.8 Å². The van der Waals surface area contributed by atoms with Crippen molar-refractivity contribution in [3.63, 3.8) is 0 Å².